The van der Waals surface area contributed by atoms with Gasteiger partial charge in [-0.1, -0.05) is 33.6 Å². The van der Waals surface area contributed by atoms with Crippen molar-refractivity contribution < 1.29 is 17.9 Å². The molecule has 2 rings (SSSR count). The Bertz CT molecular complexity index is 783. The van der Waals surface area contributed by atoms with Crippen molar-refractivity contribution in [2.45, 2.75) is 11.5 Å². The summed E-state index contributed by atoms with van der Waals surface area (Å²) in [5.74, 6) is -1.02. The molecule has 0 aliphatic rings. The van der Waals surface area contributed by atoms with Gasteiger partial charge < -0.3 is 5.11 Å². The molecule has 4 nitrogen and oxygen atoms in total. The molecule has 0 aromatic heterocycles. The molecule has 21 heavy (non-hydrogen) atoms. The lowest BCUT2D eigenvalue weighted by Crippen LogP contribution is -2.15. The van der Waals surface area contributed by atoms with Gasteiger partial charge in [-0.05, 0) is 30.3 Å². The molecular weight excluding hydrogens is 385 g/mol. The molecule has 0 radical (unpaired) electrons. The fourth-order valence-electron chi connectivity index (χ4n) is 1.69. The summed E-state index contributed by atoms with van der Waals surface area (Å²) in [5, 5.41) is 9.06. The van der Waals surface area contributed by atoms with Crippen LogP contribution in [0.1, 0.15) is 5.56 Å². The van der Waals surface area contributed by atoms with Crippen LogP contribution in [0.3, 0.4) is 0 Å². The van der Waals surface area contributed by atoms with Crippen LogP contribution in [-0.4, -0.2) is 13.5 Å². The van der Waals surface area contributed by atoms with Crippen LogP contribution in [0, 0.1) is 5.82 Å². The first-order valence-electron chi connectivity index (χ1n) is 5.70. The normalized spacial score (nSPS) is 11.4. The van der Waals surface area contributed by atoms with Gasteiger partial charge in [0.15, 0.2) is 0 Å². The minimum atomic E-state index is -4.16. The number of aliphatic hydroxyl groups is 1. The van der Waals surface area contributed by atoms with Crippen LogP contribution in [0.4, 0.5) is 10.1 Å². The van der Waals surface area contributed by atoms with Gasteiger partial charge >= 0.3 is 0 Å². The second kappa shape index (κ2) is 6.31. The lowest BCUT2D eigenvalue weighted by atomic mass is 10.2. The SMILES string of the molecule is O=S(=O)(Nc1cccc(Br)c1)c1cc(Cl)cc(CO)c1F. The van der Waals surface area contributed by atoms with Crippen molar-refractivity contribution in [3.63, 3.8) is 0 Å². The molecule has 8 heteroatoms. The van der Waals surface area contributed by atoms with Crippen molar-refractivity contribution in [3.05, 3.63) is 57.3 Å². The Morgan fingerprint density at radius 1 is 1.29 bits per heavy atom. The second-order valence-corrected chi connectivity index (χ2v) is 7.15. The molecular formula is C13H10BrClFNO3S. The largest absolute Gasteiger partial charge is 0.392 e. The van der Waals surface area contributed by atoms with Gasteiger partial charge in [0.2, 0.25) is 0 Å². The van der Waals surface area contributed by atoms with Crippen molar-refractivity contribution >= 4 is 43.2 Å². The summed E-state index contributed by atoms with van der Waals surface area (Å²) in [5.41, 5.74) is 0.0893. The van der Waals surface area contributed by atoms with E-state index in [4.69, 9.17) is 16.7 Å². The highest BCUT2D eigenvalue weighted by Crippen LogP contribution is 2.26. The second-order valence-electron chi connectivity index (χ2n) is 4.15. The maximum absolute atomic E-state index is 14.1. The first kappa shape index (κ1) is 16.2. The first-order valence-corrected chi connectivity index (χ1v) is 8.36. The minimum Gasteiger partial charge on any atom is -0.392 e. The standard InChI is InChI=1S/C13H10BrClFNO3S/c14-9-2-1-3-11(5-9)17-21(19,20)12-6-10(15)4-8(7-18)13(12)16/h1-6,17-18H,7H2. The average Bonchev–Trinajstić information content (AvgIpc) is 2.40. The lowest BCUT2D eigenvalue weighted by molar-refractivity contribution is 0.274. The number of anilines is 1. The number of hydrogen-bond donors (Lipinski definition) is 2. The third-order valence-electron chi connectivity index (χ3n) is 2.62. The van der Waals surface area contributed by atoms with Crippen molar-refractivity contribution in [1.82, 2.24) is 0 Å². The van der Waals surface area contributed by atoms with Crippen LogP contribution in [-0.2, 0) is 16.6 Å². The summed E-state index contributed by atoms with van der Waals surface area (Å²) in [7, 11) is -4.16. The molecule has 0 aliphatic heterocycles. The summed E-state index contributed by atoms with van der Waals surface area (Å²) in [6, 6.07) is 8.59. The van der Waals surface area contributed by atoms with Crippen LogP contribution >= 0.6 is 27.5 Å². The fourth-order valence-corrected chi connectivity index (χ4v) is 3.59. The van der Waals surface area contributed by atoms with Crippen LogP contribution in [0.2, 0.25) is 5.02 Å². The number of rotatable bonds is 4. The molecule has 0 amide bonds. The highest BCUT2D eigenvalue weighted by atomic mass is 79.9. The number of benzene rings is 2. The molecule has 2 N–H and O–H groups in total. The Balaban J connectivity index is 2.47. The molecule has 0 aliphatic carbocycles. The smallest absolute Gasteiger partial charge is 0.264 e. The van der Waals surface area contributed by atoms with E-state index in [0.717, 1.165) is 6.07 Å². The van der Waals surface area contributed by atoms with Gasteiger partial charge in [0.05, 0.1) is 6.61 Å². The maximum Gasteiger partial charge on any atom is 0.264 e. The van der Waals surface area contributed by atoms with E-state index in [1.165, 1.54) is 18.2 Å². The molecule has 0 spiro atoms. The number of hydrogen-bond acceptors (Lipinski definition) is 3. The molecule has 0 bridgehead atoms. The van der Waals surface area contributed by atoms with E-state index in [-0.39, 0.29) is 16.3 Å². The van der Waals surface area contributed by atoms with Gasteiger partial charge in [0.1, 0.15) is 10.7 Å². The van der Waals surface area contributed by atoms with Crippen molar-refractivity contribution in [2.75, 3.05) is 4.72 Å². The topological polar surface area (TPSA) is 66.4 Å². The molecule has 0 unspecified atom stereocenters. The number of halogens is 3. The summed E-state index contributed by atoms with van der Waals surface area (Å²) < 4.78 is 41.5. The van der Waals surface area contributed by atoms with Crippen LogP contribution in [0.15, 0.2) is 45.8 Å². The molecule has 0 heterocycles. The Labute approximate surface area is 134 Å². The number of sulfonamides is 1. The molecule has 0 saturated carbocycles. The number of aliphatic hydroxyl groups excluding tert-OH is 1. The summed E-state index contributed by atoms with van der Waals surface area (Å²) in [6.45, 7) is -0.647. The Hall–Kier alpha value is -1.15. The monoisotopic (exact) mass is 393 g/mol. The Kier molecular flexibility index (Phi) is 4.88. The van der Waals surface area contributed by atoms with Crippen molar-refractivity contribution in [3.8, 4) is 0 Å². The quantitative estimate of drug-likeness (QED) is 0.833. The van der Waals surface area contributed by atoms with Crippen molar-refractivity contribution in [2.24, 2.45) is 0 Å². The van der Waals surface area contributed by atoms with Crippen molar-refractivity contribution in [1.29, 1.82) is 0 Å². The fraction of sp³-hybridized carbons (Fsp3) is 0.0769. The van der Waals surface area contributed by atoms with E-state index < -0.39 is 27.3 Å². The van der Waals surface area contributed by atoms with E-state index in [0.29, 0.717) is 4.47 Å². The molecule has 112 valence electrons. The van der Waals surface area contributed by atoms with E-state index in [2.05, 4.69) is 20.7 Å². The Morgan fingerprint density at radius 3 is 2.62 bits per heavy atom. The summed E-state index contributed by atoms with van der Waals surface area (Å²) >= 11 is 8.97. The average molecular weight is 395 g/mol. The van der Waals surface area contributed by atoms with Gasteiger partial charge in [0.25, 0.3) is 10.0 Å². The van der Waals surface area contributed by atoms with E-state index in [1.54, 1.807) is 12.1 Å². The van der Waals surface area contributed by atoms with Crippen LogP contribution in [0.5, 0.6) is 0 Å². The van der Waals surface area contributed by atoms with E-state index >= 15 is 0 Å². The minimum absolute atomic E-state index is 0.0232. The van der Waals surface area contributed by atoms with Gasteiger partial charge in [0, 0.05) is 20.7 Å². The van der Waals surface area contributed by atoms with Crippen LogP contribution in [0.25, 0.3) is 0 Å². The first-order chi connectivity index (χ1) is 9.83. The summed E-state index contributed by atoms with van der Waals surface area (Å²) in [4.78, 5) is -0.612. The van der Waals surface area contributed by atoms with E-state index in [1.807, 2.05) is 0 Å². The van der Waals surface area contributed by atoms with Gasteiger partial charge in [-0.3, -0.25) is 4.72 Å². The highest BCUT2D eigenvalue weighted by molar-refractivity contribution is 9.10. The summed E-state index contributed by atoms with van der Waals surface area (Å²) in [6.07, 6.45) is 0. The van der Waals surface area contributed by atoms with Crippen LogP contribution < -0.4 is 4.72 Å². The van der Waals surface area contributed by atoms with E-state index in [9.17, 15) is 12.8 Å². The predicted molar refractivity (Wildman–Crippen MR) is 82.3 cm³/mol. The molecule has 0 saturated heterocycles. The zero-order valence-electron chi connectivity index (χ0n) is 10.5. The Morgan fingerprint density at radius 2 is 2.00 bits per heavy atom. The zero-order valence-corrected chi connectivity index (χ0v) is 13.6. The van der Waals surface area contributed by atoms with Gasteiger partial charge in [-0.25, -0.2) is 12.8 Å². The third-order valence-corrected chi connectivity index (χ3v) is 4.71. The number of nitrogens with one attached hydrogen (secondary N) is 1. The molecule has 2 aromatic carbocycles. The highest BCUT2D eigenvalue weighted by Gasteiger charge is 2.22. The van der Waals surface area contributed by atoms with Gasteiger partial charge in [-0.15, -0.1) is 0 Å². The van der Waals surface area contributed by atoms with Gasteiger partial charge in [-0.2, -0.15) is 0 Å². The third kappa shape index (κ3) is 3.74. The predicted octanol–water partition coefficient (Wildman–Crippen LogP) is 3.53. The molecule has 0 fully saturated rings. The lowest BCUT2D eigenvalue weighted by Gasteiger charge is -2.11. The molecule has 0 atom stereocenters. The molecule has 2 aromatic rings. The zero-order chi connectivity index (χ0) is 15.6. The maximum atomic E-state index is 14.1.